The molecule has 3 amide bonds. The van der Waals surface area contributed by atoms with Crippen molar-refractivity contribution < 1.29 is 14.4 Å². The van der Waals surface area contributed by atoms with Crippen molar-refractivity contribution in [3.63, 3.8) is 0 Å². The van der Waals surface area contributed by atoms with Gasteiger partial charge in [-0.3, -0.25) is 14.4 Å². The Morgan fingerprint density at radius 1 is 0.881 bits per heavy atom. The number of amides is 3. The van der Waals surface area contributed by atoms with Crippen LogP contribution in [0.1, 0.15) is 36.6 Å². The number of anilines is 1. The maximum absolute atomic E-state index is 13.3. The Morgan fingerprint density at radius 3 is 2.31 bits per heavy atom. The number of primary amides is 1. The third kappa shape index (κ3) is 5.00. The number of carbonyl (C=O) groups is 3. The number of carbonyl (C=O) groups excluding carboxylic acids is 3. The summed E-state index contributed by atoms with van der Waals surface area (Å²) in [5.74, 6) is -0.808. The van der Waals surface area contributed by atoms with Crippen molar-refractivity contribution >= 4 is 56.8 Å². The number of H-pyrrole nitrogens is 1. The van der Waals surface area contributed by atoms with Crippen LogP contribution in [0.4, 0.5) is 5.69 Å². The fourth-order valence-electron chi connectivity index (χ4n) is 5.63. The average molecular weight is 580 g/mol. The number of hydrogen-bond acceptors (Lipinski definition) is 4. The Hall–Kier alpha value is -4.66. The summed E-state index contributed by atoms with van der Waals surface area (Å²) >= 11 is 5.98. The molecule has 0 radical (unpaired) electrons. The molecule has 212 valence electrons. The number of rotatable bonds is 5. The smallest absolute Gasteiger partial charge is 0.255 e. The zero-order chi connectivity index (χ0) is 29.5. The second kappa shape index (κ2) is 11.0. The molecular weight excluding hydrogens is 550 g/mol. The van der Waals surface area contributed by atoms with Gasteiger partial charge in [0.2, 0.25) is 0 Å². The first-order chi connectivity index (χ1) is 20.2. The summed E-state index contributed by atoms with van der Waals surface area (Å²) in [5, 5.41) is 5.26. The maximum atomic E-state index is 13.3. The Bertz CT molecular complexity index is 1870. The van der Waals surface area contributed by atoms with E-state index >= 15 is 0 Å². The first kappa shape index (κ1) is 27.5. The van der Waals surface area contributed by atoms with Gasteiger partial charge >= 0.3 is 0 Å². The highest BCUT2D eigenvalue weighted by atomic mass is 35.5. The molecule has 0 aliphatic carbocycles. The van der Waals surface area contributed by atoms with E-state index in [0.29, 0.717) is 46.0 Å². The number of nitrogens with two attached hydrogens (primary N) is 1. The van der Waals surface area contributed by atoms with Gasteiger partial charge in [-0.1, -0.05) is 35.9 Å². The minimum Gasteiger partial charge on any atom is -0.366 e. The van der Waals surface area contributed by atoms with E-state index in [2.05, 4.69) is 22.2 Å². The standard InChI is InChI=1S/C33H30ClN5O3/c1-19-23(4-3-5-27(19)37-32(41)20-6-9-22(34)10-7-20)24-12-13-26(31(35)40)30-29(24)25-11-8-21(18-28(25)36-30)33(42)39-16-14-38(2)15-17-39/h3-13,18,36H,14-17H2,1-2H3,(H2,35,40)(H,37,41). The van der Waals surface area contributed by atoms with Crippen molar-refractivity contribution in [1.82, 2.24) is 14.8 Å². The Labute approximate surface area is 248 Å². The molecule has 0 atom stereocenters. The highest BCUT2D eigenvalue weighted by Gasteiger charge is 2.23. The molecule has 8 nitrogen and oxygen atoms in total. The van der Waals surface area contributed by atoms with Gasteiger partial charge in [-0.15, -0.1) is 0 Å². The lowest BCUT2D eigenvalue weighted by Crippen LogP contribution is -2.47. The molecule has 42 heavy (non-hydrogen) atoms. The van der Waals surface area contributed by atoms with E-state index in [1.807, 2.05) is 54.3 Å². The molecule has 4 N–H and O–H groups in total. The maximum Gasteiger partial charge on any atom is 0.255 e. The van der Waals surface area contributed by atoms with Gasteiger partial charge in [-0.25, -0.2) is 0 Å². The quantitative estimate of drug-likeness (QED) is 0.248. The molecule has 4 aromatic carbocycles. The van der Waals surface area contributed by atoms with Gasteiger partial charge < -0.3 is 25.8 Å². The van der Waals surface area contributed by atoms with E-state index in [9.17, 15) is 14.4 Å². The van der Waals surface area contributed by atoms with Crippen LogP contribution in [0.3, 0.4) is 0 Å². The van der Waals surface area contributed by atoms with Gasteiger partial charge in [-0.2, -0.15) is 0 Å². The molecule has 2 heterocycles. The summed E-state index contributed by atoms with van der Waals surface area (Å²) in [4.78, 5) is 46.1. The first-order valence-electron chi connectivity index (χ1n) is 13.7. The monoisotopic (exact) mass is 579 g/mol. The summed E-state index contributed by atoms with van der Waals surface area (Å²) in [7, 11) is 2.05. The van der Waals surface area contributed by atoms with E-state index in [4.69, 9.17) is 17.3 Å². The molecule has 5 aromatic rings. The fraction of sp³-hybridized carbons (Fsp3) is 0.182. The molecule has 0 unspecified atom stereocenters. The van der Waals surface area contributed by atoms with Crippen molar-refractivity contribution in [2.45, 2.75) is 6.92 Å². The van der Waals surface area contributed by atoms with Crippen LogP contribution < -0.4 is 11.1 Å². The third-order valence-electron chi connectivity index (χ3n) is 8.04. The van der Waals surface area contributed by atoms with Crippen molar-refractivity contribution in [3.05, 3.63) is 100 Å². The summed E-state index contributed by atoms with van der Waals surface area (Å²) in [6, 6.07) is 21.6. The van der Waals surface area contributed by atoms with Crippen LogP contribution in [-0.2, 0) is 0 Å². The van der Waals surface area contributed by atoms with E-state index in [0.717, 1.165) is 46.1 Å². The van der Waals surface area contributed by atoms with Crippen molar-refractivity contribution in [3.8, 4) is 11.1 Å². The molecule has 0 saturated carbocycles. The number of likely N-dealkylation sites (N-methyl/N-ethyl adjacent to an activating group) is 1. The molecule has 0 spiro atoms. The fourth-order valence-corrected chi connectivity index (χ4v) is 5.75. The number of piperazine rings is 1. The van der Waals surface area contributed by atoms with Gasteiger partial charge in [0.25, 0.3) is 17.7 Å². The Morgan fingerprint density at radius 2 is 1.60 bits per heavy atom. The third-order valence-corrected chi connectivity index (χ3v) is 8.29. The van der Waals surface area contributed by atoms with Gasteiger partial charge in [0, 0.05) is 64.3 Å². The number of halogens is 1. The van der Waals surface area contributed by atoms with Crippen molar-refractivity contribution in [1.29, 1.82) is 0 Å². The first-order valence-corrected chi connectivity index (χ1v) is 14.1. The zero-order valence-electron chi connectivity index (χ0n) is 23.3. The zero-order valence-corrected chi connectivity index (χ0v) is 24.1. The Balaban J connectivity index is 1.43. The van der Waals surface area contributed by atoms with E-state index in [-0.39, 0.29) is 11.8 Å². The summed E-state index contributed by atoms with van der Waals surface area (Å²) in [5.41, 5.74) is 11.9. The van der Waals surface area contributed by atoms with Gasteiger partial charge in [0.15, 0.2) is 0 Å². The van der Waals surface area contributed by atoms with Crippen molar-refractivity contribution in [2.75, 3.05) is 38.5 Å². The molecule has 6 rings (SSSR count). The summed E-state index contributed by atoms with van der Waals surface area (Å²) in [6.45, 7) is 4.98. The molecule has 1 saturated heterocycles. The van der Waals surface area contributed by atoms with E-state index in [1.165, 1.54) is 0 Å². The number of fused-ring (bicyclic) bond motifs is 3. The van der Waals surface area contributed by atoms with Gasteiger partial charge in [0.1, 0.15) is 0 Å². The topological polar surface area (TPSA) is 112 Å². The number of aromatic amines is 1. The summed E-state index contributed by atoms with van der Waals surface area (Å²) in [6.07, 6.45) is 0. The predicted molar refractivity (Wildman–Crippen MR) is 167 cm³/mol. The van der Waals surface area contributed by atoms with E-state index < -0.39 is 5.91 Å². The lowest BCUT2D eigenvalue weighted by atomic mass is 9.93. The van der Waals surface area contributed by atoms with Crippen LogP contribution in [0, 0.1) is 6.92 Å². The second-order valence-corrected chi connectivity index (χ2v) is 11.1. The molecule has 1 aliphatic rings. The van der Waals surface area contributed by atoms with Crippen LogP contribution in [0.2, 0.25) is 5.02 Å². The molecule has 0 bridgehead atoms. The Kier molecular flexibility index (Phi) is 7.18. The number of nitrogens with one attached hydrogen (secondary N) is 2. The molecule has 1 fully saturated rings. The normalized spacial score (nSPS) is 13.9. The molecule has 9 heteroatoms. The van der Waals surface area contributed by atoms with Gasteiger partial charge in [0.05, 0.1) is 11.1 Å². The van der Waals surface area contributed by atoms with Crippen LogP contribution >= 0.6 is 11.6 Å². The molecule has 1 aromatic heterocycles. The van der Waals surface area contributed by atoms with Crippen LogP contribution in [0.25, 0.3) is 32.9 Å². The van der Waals surface area contributed by atoms with E-state index in [1.54, 1.807) is 30.3 Å². The van der Waals surface area contributed by atoms with Crippen LogP contribution in [0.5, 0.6) is 0 Å². The molecular formula is C33H30ClN5O3. The SMILES string of the molecule is Cc1c(NC(=O)c2ccc(Cl)cc2)cccc1-c1ccc(C(N)=O)c2[nH]c3cc(C(=O)N4CCN(C)CC4)ccc3c12. The highest BCUT2D eigenvalue weighted by Crippen LogP contribution is 2.39. The number of benzene rings is 4. The van der Waals surface area contributed by atoms with Crippen LogP contribution in [0.15, 0.2) is 72.8 Å². The lowest BCUT2D eigenvalue weighted by molar-refractivity contribution is 0.0664. The second-order valence-electron chi connectivity index (χ2n) is 10.7. The number of aromatic nitrogens is 1. The van der Waals surface area contributed by atoms with Crippen LogP contribution in [-0.4, -0.2) is 65.7 Å². The average Bonchev–Trinajstić information content (AvgIpc) is 3.37. The minimum atomic E-state index is -0.549. The van der Waals surface area contributed by atoms with Gasteiger partial charge in [-0.05, 0) is 79.2 Å². The minimum absolute atomic E-state index is 0.0148. The van der Waals surface area contributed by atoms with Crippen molar-refractivity contribution in [2.24, 2.45) is 5.73 Å². The lowest BCUT2D eigenvalue weighted by Gasteiger charge is -2.32. The predicted octanol–water partition coefficient (Wildman–Crippen LogP) is 5.69. The summed E-state index contributed by atoms with van der Waals surface area (Å²) < 4.78 is 0. The highest BCUT2D eigenvalue weighted by molar-refractivity contribution is 6.30. The molecule has 1 aliphatic heterocycles. The largest absolute Gasteiger partial charge is 0.366 e. The number of nitrogens with zero attached hydrogens (tertiary/aromatic N) is 2. The number of hydrogen-bond donors (Lipinski definition) is 3.